The zero-order valence-corrected chi connectivity index (χ0v) is 12.3. The molecule has 4 heteroatoms. The second-order valence-corrected chi connectivity index (χ2v) is 5.39. The van der Waals surface area contributed by atoms with Crippen LogP contribution in [0.3, 0.4) is 0 Å². The molecule has 0 aliphatic carbocycles. The Morgan fingerprint density at radius 2 is 1.76 bits per heavy atom. The molecule has 0 fully saturated rings. The van der Waals surface area contributed by atoms with Gasteiger partial charge in [-0.25, -0.2) is 13.2 Å². The molecule has 1 N–H and O–H groups in total. The molecule has 0 aliphatic heterocycles. The van der Waals surface area contributed by atoms with E-state index >= 15 is 0 Å². The minimum atomic E-state index is -0.686. The summed E-state index contributed by atoms with van der Waals surface area (Å²) in [6.07, 6.45) is 0. The predicted octanol–water partition coefficient (Wildman–Crippen LogP) is 4.58. The lowest BCUT2D eigenvalue weighted by molar-refractivity contribution is 0.576. The highest BCUT2D eigenvalue weighted by Gasteiger charge is 2.17. The van der Waals surface area contributed by atoms with E-state index in [1.54, 1.807) is 13.0 Å². The summed E-state index contributed by atoms with van der Waals surface area (Å²) in [5, 5.41) is 3.18. The van der Waals surface area contributed by atoms with Crippen molar-refractivity contribution in [2.75, 3.05) is 0 Å². The van der Waals surface area contributed by atoms with Crippen LogP contribution in [0.4, 0.5) is 13.2 Å². The monoisotopic (exact) mass is 293 g/mol. The Hall–Kier alpha value is -1.81. The highest BCUT2D eigenvalue weighted by molar-refractivity contribution is 5.69. The summed E-state index contributed by atoms with van der Waals surface area (Å²) in [7, 11) is 0. The lowest BCUT2D eigenvalue weighted by atomic mass is 9.96. The van der Waals surface area contributed by atoms with Gasteiger partial charge in [0.05, 0.1) is 5.56 Å². The maximum Gasteiger partial charge on any atom is 0.136 e. The van der Waals surface area contributed by atoms with Crippen LogP contribution in [0.1, 0.15) is 25.0 Å². The van der Waals surface area contributed by atoms with Crippen molar-refractivity contribution in [3.63, 3.8) is 0 Å². The van der Waals surface area contributed by atoms with Crippen LogP contribution in [0, 0.1) is 24.4 Å². The maximum absolute atomic E-state index is 14.3. The molecular formula is C17H18F3N. The molecule has 2 aromatic carbocycles. The molecule has 0 radical (unpaired) electrons. The minimum Gasteiger partial charge on any atom is -0.310 e. The molecular weight excluding hydrogens is 275 g/mol. The Balaban J connectivity index is 2.57. The van der Waals surface area contributed by atoms with Gasteiger partial charge < -0.3 is 5.32 Å². The number of rotatable bonds is 4. The summed E-state index contributed by atoms with van der Waals surface area (Å²) in [4.78, 5) is 0. The number of nitrogens with one attached hydrogen (secondary N) is 1. The van der Waals surface area contributed by atoms with Crippen LogP contribution in [-0.2, 0) is 6.54 Å². The third-order valence-electron chi connectivity index (χ3n) is 3.33. The highest BCUT2D eigenvalue weighted by atomic mass is 19.1. The van der Waals surface area contributed by atoms with Crippen molar-refractivity contribution in [3.8, 4) is 11.1 Å². The second-order valence-electron chi connectivity index (χ2n) is 5.39. The molecule has 0 unspecified atom stereocenters. The fourth-order valence-corrected chi connectivity index (χ4v) is 2.15. The van der Waals surface area contributed by atoms with E-state index in [-0.39, 0.29) is 17.2 Å². The van der Waals surface area contributed by atoms with Gasteiger partial charge in [-0.05, 0) is 41.8 Å². The first-order valence-corrected chi connectivity index (χ1v) is 6.87. The molecule has 0 spiro atoms. The topological polar surface area (TPSA) is 12.0 Å². The fourth-order valence-electron chi connectivity index (χ4n) is 2.15. The average molecular weight is 293 g/mol. The molecule has 1 nitrogen and oxygen atoms in total. The number of halogens is 3. The van der Waals surface area contributed by atoms with Crippen LogP contribution < -0.4 is 5.32 Å². The maximum atomic E-state index is 14.3. The summed E-state index contributed by atoms with van der Waals surface area (Å²) in [6.45, 7) is 5.91. The number of hydrogen-bond acceptors (Lipinski definition) is 1. The summed E-state index contributed by atoms with van der Waals surface area (Å²) in [5.74, 6) is -1.85. The van der Waals surface area contributed by atoms with Gasteiger partial charge in [0.1, 0.15) is 17.5 Å². The van der Waals surface area contributed by atoms with Crippen molar-refractivity contribution < 1.29 is 13.2 Å². The van der Waals surface area contributed by atoms with Crippen molar-refractivity contribution in [2.24, 2.45) is 0 Å². The minimum absolute atomic E-state index is 0.171. The van der Waals surface area contributed by atoms with E-state index < -0.39 is 17.5 Å². The molecule has 0 atom stereocenters. The van der Waals surface area contributed by atoms with E-state index in [1.807, 2.05) is 13.8 Å². The SMILES string of the molecule is Cc1ccc(F)c(-c2cc(F)ccc2CNC(C)C)c1F. The quantitative estimate of drug-likeness (QED) is 0.870. The van der Waals surface area contributed by atoms with Gasteiger partial charge in [0, 0.05) is 12.6 Å². The molecule has 2 rings (SSSR count). The molecule has 0 amide bonds. The summed E-state index contributed by atoms with van der Waals surface area (Å²) >= 11 is 0. The van der Waals surface area contributed by atoms with Crippen LogP contribution in [0.25, 0.3) is 11.1 Å². The Kier molecular flexibility index (Phi) is 4.68. The van der Waals surface area contributed by atoms with Gasteiger partial charge in [0.2, 0.25) is 0 Å². The van der Waals surface area contributed by atoms with E-state index in [0.717, 1.165) is 0 Å². The normalized spacial score (nSPS) is 11.2. The number of hydrogen-bond donors (Lipinski definition) is 1. The third-order valence-corrected chi connectivity index (χ3v) is 3.33. The van der Waals surface area contributed by atoms with Crippen molar-refractivity contribution in [2.45, 2.75) is 33.4 Å². The zero-order chi connectivity index (χ0) is 15.6. The first kappa shape index (κ1) is 15.6. The van der Waals surface area contributed by atoms with E-state index in [2.05, 4.69) is 5.32 Å². The van der Waals surface area contributed by atoms with Crippen LogP contribution in [0.5, 0.6) is 0 Å². The molecule has 0 heterocycles. The Morgan fingerprint density at radius 1 is 1.05 bits per heavy atom. The largest absolute Gasteiger partial charge is 0.310 e. The molecule has 112 valence electrons. The molecule has 2 aromatic rings. The van der Waals surface area contributed by atoms with Gasteiger partial charge in [-0.15, -0.1) is 0 Å². The number of benzene rings is 2. The van der Waals surface area contributed by atoms with Crippen LogP contribution in [0.2, 0.25) is 0 Å². The Morgan fingerprint density at radius 3 is 2.43 bits per heavy atom. The third kappa shape index (κ3) is 3.45. The van der Waals surface area contributed by atoms with Gasteiger partial charge in [-0.2, -0.15) is 0 Å². The van der Waals surface area contributed by atoms with Gasteiger partial charge in [0.15, 0.2) is 0 Å². The predicted molar refractivity (Wildman–Crippen MR) is 78.5 cm³/mol. The highest BCUT2D eigenvalue weighted by Crippen LogP contribution is 2.31. The molecule has 0 aromatic heterocycles. The fraction of sp³-hybridized carbons (Fsp3) is 0.294. The van der Waals surface area contributed by atoms with Crippen LogP contribution in [-0.4, -0.2) is 6.04 Å². The van der Waals surface area contributed by atoms with Crippen molar-refractivity contribution >= 4 is 0 Å². The zero-order valence-electron chi connectivity index (χ0n) is 12.3. The Bertz CT molecular complexity index is 651. The van der Waals surface area contributed by atoms with Crippen molar-refractivity contribution in [1.82, 2.24) is 5.32 Å². The molecule has 0 saturated carbocycles. The van der Waals surface area contributed by atoms with Crippen LogP contribution >= 0.6 is 0 Å². The summed E-state index contributed by atoms with van der Waals surface area (Å²) in [6, 6.07) is 6.83. The number of aryl methyl sites for hydroxylation is 1. The lowest BCUT2D eigenvalue weighted by Gasteiger charge is -2.15. The van der Waals surface area contributed by atoms with E-state index in [1.165, 1.54) is 24.3 Å². The van der Waals surface area contributed by atoms with E-state index in [4.69, 9.17) is 0 Å². The average Bonchev–Trinajstić information content (AvgIpc) is 2.42. The van der Waals surface area contributed by atoms with Gasteiger partial charge in [-0.3, -0.25) is 0 Å². The van der Waals surface area contributed by atoms with E-state index in [9.17, 15) is 13.2 Å². The van der Waals surface area contributed by atoms with Crippen LogP contribution in [0.15, 0.2) is 30.3 Å². The Labute approximate surface area is 122 Å². The summed E-state index contributed by atoms with van der Waals surface area (Å²) < 4.78 is 41.9. The second kappa shape index (κ2) is 6.31. The lowest BCUT2D eigenvalue weighted by Crippen LogP contribution is -2.22. The first-order chi connectivity index (χ1) is 9.90. The molecule has 21 heavy (non-hydrogen) atoms. The smallest absolute Gasteiger partial charge is 0.136 e. The standard InChI is InChI=1S/C17H18F3N/c1-10(2)21-9-12-5-6-13(18)8-14(12)16-15(19)7-4-11(3)17(16)20/h4-8,10,21H,9H2,1-3H3. The van der Waals surface area contributed by atoms with Gasteiger partial charge in [-0.1, -0.05) is 26.0 Å². The van der Waals surface area contributed by atoms with Crippen molar-refractivity contribution in [1.29, 1.82) is 0 Å². The van der Waals surface area contributed by atoms with Gasteiger partial charge >= 0.3 is 0 Å². The van der Waals surface area contributed by atoms with E-state index in [0.29, 0.717) is 17.7 Å². The molecule has 0 aliphatic rings. The summed E-state index contributed by atoms with van der Waals surface area (Å²) in [5.41, 5.74) is 1.07. The first-order valence-electron chi connectivity index (χ1n) is 6.87. The van der Waals surface area contributed by atoms with Gasteiger partial charge in [0.25, 0.3) is 0 Å². The molecule has 0 bridgehead atoms. The molecule has 0 saturated heterocycles. The van der Waals surface area contributed by atoms with Crippen molar-refractivity contribution in [3.05, 3.63) is 58.9 Å².